The van der Waals surface area contributed by atoms with Crippen molar-refractivity contribution in [1.29, 1.82) is 0 Å². The molecule has 1 heterocycles. The van der Waals surface area contributed by atoms with Gasteiger partial charge < -0.3 is 5.73 Å². The van der Waals surface area contributed by atoms with Gasteiger partial charge in [-0.15, -0.1) is 0 Å². The highest BCUT2D eigenvalue weighted by molar-refractivity contribution is 7.99. The molecule has 0 spiro atoms. The van der Waals surface area contributed by atoms with E-state index in [-0.39, 0.29) is 18.2 Å². The van der Waals surface area contributed by atoms with Gasteiger partial charge in [0, 0.05) is 11.7 Å². The van der Waals surface area contributed by atoms with E-state index in [1.165, 1.54) is 0 Å². The van der Waals surface area contributed by atoms with Gasteiger partial charge in [0.25, 0.3) is 0 Å². The van der Waals surface area contributed by atoms with Crippen LogP contribution in [0.25, 0.3) is 0 Å². The van der Waals surface area contributed by atoms with Crippen LogP contribution in [-0.2, 0) is 4.79 Å². The summed E-state index contributed by atoms with van der Waals surface area (Å²) >= 11 is 1.85. The number of hydrogen-bond donors (Lipinski definition) is 1. The van der Waals surface area contributed by atoms with Crippen LogP contribution in [0.2, 0.25) is 0 Å². The number of thioether (sulfide) groups is 1. The van der Waals surface area contributed by atoms with E-state index in [1.807, 2.05) is 11.8 Å². The number of carbonyl (C=O) groups excluding carboxylic acids is 1. The van der Waals surface area contributed by atoms with Crippen LogP contribution in [0.5, 0.6) is 0 Å². The molecule has 0 saturated carbocycles. The molecule has 2 nitrogen and oxygen atoms in total. The predicted molar refractivity (Wildman–Crippen MR) is 39.5 cm³/mol. The van der Waals surface area contributed by atoms with Gasteiger partial charge in [-0.25, -0.2) is 0 Å². The SMILES string of the molecule is NCC(=O)C1CCSC1. The molecule has 2 N–H and O–H groups in total. The minimum Gasteiger partial charge on any atom is -0.324 e. The van der Waals surface area contributed by atoms with Gasteiger partial charge in [0.15, 0.2) is 0 Å². The zero-order valence-corrected chi connectivity index (χ0v) is 6.12. The molecule has 0 bridgehead atoms. The van der Waals surface area contributed by atoms with Crippen LogP contribution in [0, 0.1) is 5.92 Å². The number of ketones is 1. The molecule has 1 aliphatic rings. The molecular formula is C6H11NOS. The van der Waals surface area contributed by atoms with Gasteiger partial charge >= 0.3 is 0 Å². The molecule has 0 radical (unpaired) electrons. The highest BCUT2D eigenvalue weighted by atomic mass is 32.2. The molecule has 1 rings (SSSR count). The summed E-state index contributed by atoms with van der Waals surface area (Å²) in [5, 5.41) is 0. The van der Waals surface area contributed by atoms with Gasteiger partial charge in [0.2, 0.25) is 0 Å². The summed E-state index contributed by atoms with van der Waals surface area (Å²) in [5.74, 6) is 2.65. The molecule has 0 aromatic rings. The van der Waals surface area contributed by atoms with Crippen molar-refractivity contribution >= 4 is 17.5 Å². The van der Waals surface area contributed by atoms with E-state index in [4.69, 9.17) is 5.73 Å². The topological polar surface area (TPSA) is 43.1 Å². The number of carbonyl (C=O) groups is 1. The molecule has 3 heteroatoms. The fourth-order valence-corrected chi connectivity index (χ4v) is 2.21. The molecule has 1 fully saturated rings. The second-order valence-electron chi connectivity index (χ2n) is 2.23. The third kappa shape index (κ3) is 1.69. The highest BCUT2D eigenvalue weighted by Gasteiger charge is 2.21. The molecule has 1 saturated heterocycles. The van der Waals surface area contributed by atoms with Crippen molar-refractivity contribution in [2.24, 2.45) is 11.7 Å². The summed E-state index contributed by atoms with van der Waals surface area (Å²) in [6, 6.07) is 0. The summed E-state index contributed by atoms with van der Waals surface area (Å²) in [4.78, 5) is 10.9. The predicted octanol–water partition coefficient (Wildman–Crippen LogP) is 0.267. The first-order valence-electron chi connectivity index (χ1n) is 3.15. The first-order chi connectivity index (χ1) is 4.34. The molecule has 1 aliphatic heterocycles. The Bertz CT molecular complexity index is 110. The number of Topliss-reactive ketones (excluding diaryl/α,β-unsaturated/α-hetero) is 1. The molecule has 0 aromatic carbocycles. The lowest BCUT2D eigenvalue weighted by Gasteiger charge is -2.01. The zero-order chi connectivity index (χ0) is 6.69. The fraction of sp³-hybridized carbons (Fsp3) is 0.833. The maximum Gasteiger partial charge on any atom is 0.150 e. The summed E-state index contributed by atoms with van der Waals surface area (Å²) in [7, 11) is 0. The van der Waals surface area contributed by atoms with E-state index in [0.29, 0.717) is 0 Å². The second kappa shape index (κ2) is 3.22. The van der Waals surface area contributed by atoms with Crippen LogP contribution in [0.3, 0.4) is 0 Å². The largest absolute Gasteiger partial charge is 0.324 e. The van der Waals surface area contributed by atoms with E-state index in [9.17, 15) is 4.79 Å². The van der Waals surface area contributed by atoms with Gasteiger partial charge in [-0.1, -0.05) is 0 Å². The first kappa shape index (κ1) is 7.09. The van der Waals surface area contributed by atoms with Gasteiger partial charge in [-0.3, -0.25) is 4.79 Å². The second-order valence-corrected chi connectivity index (χ2v) is 3.38. The quantitative estimate of drug-likeness (QED) is 0.606. The Morgan fingerprint density at radius 1 is 1.78 bits per heavy atom. The van der Waals surface area contributed by atoms with E-state index in [0.717, 1.165) is 17.9 Å². The maximum absolute atomic E-state index is 10.9. The van der Waals surface area contributed by atoms with Gasteiger partial charge in [0.05, 0.1) is 6.54 Å². The summed E-state index contributed by atoms with van der Waals surface area (Å²) in [6.45, 7) is 0.227. The fourth-order valence-electron chi connectivity index (χ4n) is 0.955. The standard InChI is InChI=1S/C6H11NOS/c7-3-6(8)5-1-2-9-4-5/h5H,1-4,7H2. The minimum absolute atomic E-state index is 0.227. The Balaban J connectivity index is 2.32. The number of nitrogens with two attached hydrogens (primary N) is 1. The molecule has 1 unspecified atom stereocenters. The minimum atomic E-state index is 0.227. The summed E-state index contributed by atoms with van der Waals surface area (Å²) in [6.07, 6.45) is 1.04. The number of rotatable bonds is 2. The smallest absolute Gasteiger partial charge is 0.150 e. The van der Waals surface area contributed by atoms with Gasteiger partial charge in [-0.05, 0) is 12.2 Å². The molecule has 9 heavy (non-hydrogen) atoms. The maximum atomic E-state index is 10.9. The van der Waals surface area contributed by atoms with Crippen molar-refractivity contribution in [2.75, 3.05) is 18.1 Å². The molecule has 0 aliphatic carbocycles. The van der Waals surface area contributed by atoms with E-state index in [1.54, 1.807) is 0 Å². The van der Waals surface area contributed by atoms with Crippen molar-refractivity contribution in [3.63, 3.8) is 0 Å². The van der Waals surface area contributed by atoms with Crippen molar-refractivity contribution in [3.8, 4) is 0 Å². The van der Waals surface area contributed by atoms with Crippen LogP contribution < -0.4 is 5.73 Å². The Morgan fingerprint density at radius 2 is 2.56 bits per heavy atom. The Kier molecular flexibility index (Phi) is 2.54. The van der Waals surface area contributed by atoms with Crippen molar-refractivity contribution in [2.45, 2.75) is 6.42 Å². The van der Waals surface area contributed by atoms with Crippen LogP contribution >= 0.6 is 11.8 Å². The van der Waals surface area contributed by atoms with Crippen molar-refractivity contribution < 1.29 is 4.79 Å². The van der Waals surface area contributed by atoms with Crippen molar-refractivity contribution in [1.82, 2.24) is 0 Å². The summed E-state index contributed by atoms with van der Waals surface area (Å²) < 4.78 is 0. The Morgan fingerprint density at radius 3 is 3.00 bits per heavy atom. The molecule has 0 aromatic heterocycles. The molecule has 0 amide bonds. The van der Waals surface area contributed by atoms with E-state index < -0.39 is 0 Å². The summed E-state index contributed by atoms with van der Waals surface area (Å²) in [5.41, 5.74) is 5.19. The lowest BCUT2D eigenvalue weighted by atomic mass is 10.0. The Labute approximate surface area is 59.2 Å². The van der Waals surface area contributed by atoms with Gasteiger partial charge in [-0.2, -0.15) is 11.8 Å². The molecule has 1 atom stereocenters. The van der Waals surface area contributed by atoms with E-state index in [2.05, 4.69) is 0 Å². The lowest BCUT2D eigenvalue weighted by Crippen LogP contribution is -2.22. The van der Waals surface area contributed by atoms with Crippen LogP contribution in [-0.4, -0.2) is 23.8 Å². The molecule has 52 valence electrons. The van der Waals surface area contributed by atoms with Crippen molar-refractivity contribution in [3.05, 3.63) is 0 Å². The van der Waals surface area contributed by atoms with Crippen LogP contribution in [0.15, 0.2) is 0 Å². The van der Waals surface area contributed by atoms with E-state index >= 15 is 0 Å². The third-order valence-electron chi connectivity index (χ3n) is 1.59. The normalized spacial score (nSPS) is 26.6. The average Bonchev–Trinajstić information content (AvgIpc) is 2.37. The average molecular weight is 145 g/mol. The zero-order valence-electron chi connectivity index (χ0n) is 5.30. The highest BCUT2D eigenvalue weighted by Crippen LogP contribution is 2.23. The monoisotopic (exact) mass is 145 g/mol. The lowest BCUT2D eigenvalue weighted by molar-refractivity contribution is -0.120. The Hall–Kier alpha value is -0.0200. The van der Waals surface area contributed by atoms with Crippen LogP contribution in [0.4, 0.5) is 0 Å². The third-order valence-corrected chi connectivity index (χ3v) is 2.75. The van der Waals surface area contributed by atoms with Gasteiger partial charge in [0.1, 0.15) is 5.78 Å². The number of hydrogen-bond acceptors (Lipinski definition) is 3. The first-order valence-corrected chi connectivity index (χ1v) is 4.30. The molecular weight excluding hydrogens is 134 g/mol. The van der Waals surface area contributed by atoms with Crippen LogP contribution in [0.1, 0.15) is 6.42 Å².